The van der Waals surface area contributed by atoms with Crippen LogP contribution in [0.4, 0.5) is 21.5 Å². The third-order valence-electron chi connectivity index (χ3n) is 3.35. The maximum Gasteiger partial charge on any atom is 0.274 e. The highest BCUT2D eigenvalue weighted by Gasteiger charge is 2.13. The summed E-state index contributed by atoms with van der Waals surface area (Å²) in [5.41, 5.74) is 1.27. The Morgan fingerprint density at radius 1 is 1.00 bits per heavy atom. The fourth-order valence-corrected chi connectivity index (χ4v) is 2.64. The highest BCUT2D eigenvalue weighted by molar-refractivity contribution is 6.40. The molecule has 0 atom stereocenters. The van der Waals surface area contributed by atoms with Crippen molar-refractivity contribution in [2.45, 2.75) is 0 Å². The summed E-state index contributed by atoms with van der Waals surface area (Å²) in [4.78, 5) is 16.4. The van der Waals surface area contributed by atoms with E-state index >= 15 is 0 Å². The van der Waals surface area contributed by atoms with Crippen molar-refractivity contribution in [3.63, 3.8) is 0 Å². The molecule has 0 unspecified atom stereocenters. The van der Waals surface area contributed by atoms with E-state index in [0.717, 1.165) is 0 Å². The zero-order chi connectivity index (χ0) is 17.8. The summed E-state index contributed by atoms with van der Waals surface area (Å²) in [7, 11) is 0. The van der Waals surface area contributed by atoms with Crippen LogP contribution >= 0.6 is 23.2 Å². The molecule has 3 rings (SSSR count). The van der Waals surface area contributed by atoms with E-state index in [-0.39, 0.29) is 5.69 Å². The van der Waals surface area contributed by atoms with Crippen molar-refractivity contribution in [2.24, 2.45) is 0 Å². The highest BCUT2D eigenvalue weighted by atomic mass is 35.5. The van der Waals surface area contributed by atoms with Gasteiger partial charge in [0.15, 0.2) is 0 Å². The van der Waals surface area contributed by atoms with Crippen LogP contribution in [-0.2, 0) is 0 Å². The van der Waals surface area contributed by atoms with Crippen molar-refractivity contribution < 1.29 is 9.18 Å². The number of hydrogen-bond donors (Lipinski definition) is 2. The molecule has 25 heavy (non-hydrogen) atoms. The molecule has 1 heterocycles. The number of amides is 1. The van der Waals surface area contributed by atoms with Crippen LogP contribution in [0, 0.1) is 5.82 Å². The lowest BCUT2D eigenvalue weighted by Crippen LogP contribution is -2.14. The zero-order valence-electron chi connectivity index (χ0n) is 12.8. The first-order valence-corrected chi connectivity index (χ1v) is 8.03. The van der Waals surface area contributed by atoms with E-state index in [4.69, 9.17) is 23.2 Å². The Bertz CT molecular complexity index is 913. The van der Waals surface area contributed by atoms with Crippen molar-refractivity contribution in [3.8, 4) is 0 Å². The zero-order valence-corrected chi connectivity index (χ0v) is 14.3. The number of halogens is 3. The number of nitrogens with zero attached hydrogens (tertiary/aromatic N) is 1. The highest BCUT2D eigenvalue weighted by Crippen LogP contribution is 2.30. The minimum Gasteiger partial charge on any atom is -0.353 e. The second kappa shape index (κ2) is 7.51. The van der Waals surface area contributed by atoms with Gasteiger partial charge in [-0.05, 0) is 36.4 Å². The number of nitrogens with one attached hydrogen (secondary N) is 2. The lowest BCUT2D eigenvalue weighted by molar-refractivity contribution is 0.102. The molecular weight excluding hydrogens is 364 g/mol. The molecular formula is C18H12Cl2FN3O. The monoisotopic (exact) mass is 375 g/mol. The molecule has 2 aromatic carbocycles. The summed E-state index contributed by atoms with van der Waals surface area (Å²) in [5.74, 6) is -0.875. The number of benzene rings is 2. The van der Waals surface area contributed by atoms with E-state index in [1.807, 2.05) is 0 Å². The first kappa shape index (κ1) is 17.2. The minimum absolute atomic E-state index is 0.136. The lowest BCUT2D eigenvalue weighted by Gasteiger charge is -2.10. The molecule has 0 saturated carbocycles. The van der Waals surface area contributed by atoms with Crippen LogP contribution in [0.15, 0.2) is 60.8 Å². The van der Waals surface area contributed by atoms with Crippen molar-refractivity contribution in [3.05, 3.63) is 82.4 Å². The number of para-hydroxylation sites is 2. The first-order chi connectivity index (χ1) is 12.0. The SMILES string of the molecule is O=C(Nc1c(Cl)cccc1Cl)c1cc(Nc2ccccc2F)ccn1. The van der Waals surface area contributed by atoms with Gasteiger partial charge in [0.1, 0.15) is 11.5 Å². The van der Waals surface area contributed by atoms with E-state index in [1.165, 1.54) is 18.3 Å². The molecule has 126 valence electrons. The Balaban J connectivity index is 1.81. The summed E-state index contributed by atoms with van der Waals surface area (Å²) in [6.45, 7) is 0. The van der Waals surface area contributed by atoms with Gasteiger partial charge in [0, 0.05) is 11.9 Å². The standard InChI is InChI=1S/C18H12Cl2FN3O/c19-12-4-3-5-13(20)17(12)24-18(25)16-10-11(8-9-22-16)23-15-7-2-1-6-14(15)21/h1-10H,(H,22,23)(H,24,25). The molecule has 0 bridgehead atoms. The molecule has 1 amide bonds. The van der Waals surface area contributed by atoms with E-state index in [2.05, 4.69) is 15.6 Å². The number of hydrogen-bond acceptors (Lipinski definition) is 3. The van der Waals surface area contributed by atoms with Gasteiger partial charge >= 0.3 is 0 Å². The number of pyridine rings is 1. The normalized spacial score (nSPS) is 10.4. The van der Waals surface area contributed by atoms with Crippen molar-refractivity contribution in [1.82, 2.24) is 4.98 Å². The quantitative estimate of drug-likeness (QED) is 0.630. The van der Waals surface area contributed by atoms with E-state index < -0.39 is 11.7 Å². The Morgan fingerprint density at radius 3 is 2.44 bits per heavy atom. The van der Waals surface area contributed by atoms with Crippen LogP contribution < -0.4 is 10.6 Å². The van der Waals surface area contributed by atoms with Crippen molar-refractivity contribution in [1.29, 1.82) is 0 Å². The average molecular weight is 376 g/mol. The molecule has 7 heteroatoms. The maximum atomic E-state index is 13.7. The van der Waals surface area contributed by atoms with Gasteiger partial charge in [0.2, 0.25) is 0 Å². The molecule has 0 radical (unpaired) electrons. The number of anilines is 3. The average Bonchev–Trinajstić information content (AvgIpc) is 2.60. The molecule has 2 N–H and O–H groups in total. The van der Waals surface area contributed by atoms with Gasteiger partial charge in [-0.2, -0.15) is 0 Å². The minimum atomic E-state index is -0.479. The first-order valence-electron chi connectivity index (χ1n) is 7.27. The summed E-state index contributed by atoms with van der Waals surface area (Å²) < 4.78 is 13.7. The van der Waals surface area contributed by atoms with Gasteiger partial charge in [-0.15, -0.1) is 0 Å². The number of rotatable bonds is 4. The predicted octanol–water partition coefficient (Wildman–Crippen LogP) is 5.52. The van der Waals surface area contributed by atoms with E-state index in [9.17, 15) is 9.18 Å². The summed E-state index contributed by atoms with van der Waals surface area (Å²) in [6.07, 6.45) is 1.45. The number of carbonyl (C=O) groups excluding carboxylic acids is 1. The Kier molecular flexibility index (Phi) is 5.16. The van der Waals surface area contributed by atoms with Crippen LogP contribution in [0.25, 0.3) is 0 Å². The molecule has 4 nitrogen and oxygen atoms in total. The van der Waals surface area contributed by atoms with Gasteiger partial charge in [0.25, 0.3) is 5.91 Å². The van der Waals surface area contributed by atoms with Gasteiger partial charge < -0.3 is 10.6 Å². The van der Waals surface area contributed by atoms with Crippen molar-refractivity contribution in [2.75, 3.05) is 10.6 Å². The third kappa shape index (κ3) is 4.07. The van der Waals surface area contributed by atoms with Gasteiger partial charge in [0.05, 0.1) is 21.4 Å². The van der Waals surface area contributed by atoms with Gasteiger partial charge in [-0.25, -0.2) is 4.39 Å². The van der Waals surface area contributed by atoms with E-state index in [1.54, 1.807) is 42.5 Å². The van der Waals surface area contributed by atoms with Crippen LogP contribution in [0.5, 0.6) is 0 Å². The maximum absolute atomic E-state index is 13.7. The molecule has 0 fully saturated rings. The smallest absolute Gasteiger partial charge is 0.274 e. The fourth-order valence-electron chi connectivity index (χ4n) is 2.15. The molecule has 0 saturated heterocycles. The van der Waals surface area contributed by atoms with Gasteiger partial charge in [-0.1, -0.05) is 41.4 Å². The molecule has 0 spiro atoms. The van der Waals surface area contributed by atoms with Gasteiger partial charge in [-0.3, -0.25) is 9.78 Å². The summed E-state index contributed by atoms with van der Waals surface area (Å²) in [5, 5.41) is 6.18. The van der Waals surface area contributed by atoms with Crippen LogP contribution in [0.1, 0.15) is 10.5 Å². The molecule has 3 aromatic rings. The van der Waals surface area contributed by atoms with Crippen LogP contribution in [0.3, 0.4) is 0 Å². The van der Waals surface area contributed by atoms with Crippen LogP contribution in [0.2, 0.25) is 10.0 Å². The molecule has 0 aliphatic heterocycles. The Morgan fingerprint density at radius 2 is 1.72 bits per heavy atom. The summed E-state index contributed by atoms with van der Waals surface area (Å²) in [6, 6.07) is 14.3. The Hall–Kier alpha value is -2.63. The predicted molar refractivity (Wildman–Crippen MR) is 98.3 cm³/mol. The second-order valence-corrected chi connectivity index (χ2v) is 5.90. The largest absolute Gasteiger partial charge is 0.353 e. The van der Waals surface area contributed by atoms with Crippen molar-refractivity contribution >= 4 is 46.2 Å². The summed E-state index contributed by atoms with van der Waals surface area (Å²) >= 11 is 12.1. The third-order valence-corrected chi connectivity index (χ3v) is 3.98. The number of carbonyl (C=O) groups is 1. The van der Waals surface area contributed by atoms with Crippen LogP contribution in [-0.4, -0.2) is 10.9 Å². The molecule has 0 aliphatic carbocycles. The fraction of sp³-hybridized carbons (Fsp3) is 0. The lowest BCUT2D eigenvalue weighted by atomic mass is 10.2. The second-order valence-electron chi connectivity index (χ2n) is 5.09. The number of aromatic nitrogens is 1. The molecule has 0 aliphatic rings. The Labute approximate surface area is 153 Å². The van der Waals surface area contributed by atoms with E-state index in [0.29, 0.717) is 27.1 Å². The topological polar surface area (TPSA) is 54.0 Å². The molecule has 1 aromatic heterocycles.